The summed E-state index contributed by atoms with van der Waals surface area (Å²) in [6.07, 6.45) is 4.47. The molecule has 104 valence electrons. The van der Waals surface area contributed by atoms with E-state index in [2.05, 4.69) is 34.5 Å². The van der Waals surface area contributed by atoms with Crippen LogP contribution in [0.5, 0.6) is 0 Å². The molecule has 0 radical (unpaired) electrons. The van der Waals surface area contributed by atoms with Gasteiger partial charge in [-0.05, 0) is 49.9 Å². The largest absolute Gasteiger partial charge is 0.481 e. The lowest BCUT2D eigenvalue weighted by Crippen LogP contribution is -2.17. The van der Waals surface area contributed by atoms with Crippen molar-refractivity contribution in [2.75, 3.05) is 29.9 Å². The maximum absolute atomic E-state index is 10.4. The third kappa shape index (κ3) is 4.47. The van der Waals surface area contributed by atoms with Crippen LogP contribution in [0.2, 0.25) is 0 Å². The van der Waals surface area contributed by atoms with Crippen molar-refractivity contribution < 1.29 is 9.90 Å². The Labute approximate surface area is 114 Å². The fourth-order valence-electron chi connectivity index (χ4n) is 2.40. The van der Waals surface area contributed by atoms with Crippen LogP contribution in [-0.2, 0) is 4.79 Å². The number of carboxylic acid groups (broad SMARTS) is 1. The first-order valence-electron chi connectivity index (χ1n) is 7.06. The highest BCUT2D eigenvalue weighted by Crippen LogP contribution is 2.21. The zero-order valence-corrected chi connectivity index (χ0v) is 11.3. The van der Waals surface area contributed by atoms with Gasteiger partial charge < -0.3 is 15.3 Å². The van der Waals surface area contributed by atoms with Gasteiger partial charge in [-0.1, -0.05) is 0 Å². The number of nitrogens with one attached hydrogen (secondary N) is 1. The topological polar surface area (TPSA) is 52.6 Å². The lowest BCUT2D eigenvalue weighted by Gasteiger charge is -2.18. The van der Waals surface area contributed by atoms with Crippen LogP contribution in [-0.4, -0.2) is 30.7 Å². The zero-order chi connectivity index (χ0) is 13.5. The molecule has 2 N–H and O–H groups in total. The molecule has 4 nitrogen and oxygen atoms in total. The van der Waals surface area contributed by atoms with Crippen LogP contribution in [0.15, 0.2) is 24.3 Å². The maximum atomic E-state index is 10.4. The molecule has 1 aromatic carbocycles. The van der Waals surface area contributed by atoms with Crippen LogP contribution in [0, 0.1) is 0 Å². The molecule has 19 heavy (non-hydrogen) atoms. The van der Waals surface area contributed by atoms with Gasteiger partial charge >= 0.3 is 5.97 Å². The van der Waals surface area contributed by atoms with E-state index < -0.39 is 5.97 Å². The molecule has 1 fully saturated rings. The molecular weight excluding hydrogens is 240 g/mol. The molecule has 1 aliphatic heterocycles. The number of hydrogen-bond acceptors (Lipinski definition) is 3. The number of hydrogen-bond donors (Lipinski definition) is 2. The fraction of sp³-hybridized carbons (Fsp3) is 0.533. The Morgan fingerprint density at radius 1 is 1.16 bits per heavy atom. The smallest absolute Gasteiger partial charge is 0.303 e. The van der Waals surface area contributed by atoms with Gasteiger partial charge in [0.05, 0.1) is 0 Å². The van der Waals surface area contributed by atoms with Gasteiger partial charge in [0.25, 0.3) is 0 Å². The Bertz CT molecular complexity index is 397. The summed E-state index contributed by atoms with van der Waals surface area (Å²) in [6, 6.07) is 8.52. The van der Waals surface area contributed by atoms with Gasteiger partial charge in [0.2, 0.25) is 0 Å². The predicted octanol–water partition coefficient (Wildman–Crippen LogP) is 2.95. The number of nitrogens with zero attached hydrogens (tertiary/aromatic N) is 1. The number of aliphatic carboxylic acids is 1. The van der Waals surface area contributed by atoms with E-state index >= 15 is 0 Å². The highest BCUT2D eigenvalue weighted by molar-refractivity contribution is 5.66. The SMILES string of the molecule is O=C(O)CCCCNc1ccc(N2CCCC2)cc1. The van der Waals surface area contributed by atoms with Crippen molar-refractivity contribution in [1.29, 1.82) is 0 Å². The average molecular weight is 262 g/mol. The molecule has 0 unspecified atom stereocenters. The number of anilines is 2. The van der Waals surface area contributed by atoms with Gasteiger partial charge in [-0.3, -0.25) is 4.79 Å². The number of unbranched alkanes of at least 4 members (excludes halogenated alkanes) is 1. The Hall–Kier alpha value is -1.71. The molecular formula is C15H22N2O2. The second-order valence-electron chi connectivity index (χ2n) is 5.02. The summed E-state index contributed by atoms with van der Waals surface area (Å²) in [5.41, 5.74) is 2.41. The second-order valence-corrected chi connectivity index (χ2v) is 5.02. The Morgan fingerprint density at radius 2 is 1.84 bits per heavy atom. The van der Waals surface area contributed by atoms with Gasteiger partial charge in [-0.25, -0.2) is 0 Å². The lowest BCUT2D eigenvalue weighted by atomic mass is 10.2. The molecule has 0 spiro atoms. The van der Waals surface area contributed by atoms with E-state index in [1.807, 2.05) is 0 Å². The molecule has 0 aliphatic carbocycles. The zero-order valence-electron chi connectivity index (χ0n) is 11.3. The fourth-order valence-corrected chi connectivity index (χ4v) is 2.40. The molecule has 1 heterocycles. The van der Waals surface area contributed by atoms with Crippen LogP contribution in [0.1, 0.15) is 32.1 Å². The summed E-state index contributed by atoms with van der Waals surface area (Å²) in [5.74, 6) is -0.713. The van der Waals surface area contributed by atoms with E-state index in [-0.39, 0.29) is 6.42 Å². The highest BCUT2D eigenvalue weighted by Gasteiger charge is 2.11. The lowest BCUT2D eigenvalue weighted by molar-refractivity contribution is -0.137. The maximum Gasteiger partial charge on any atom is 0.303 e. The molecule has 0 saturated carbocycles. The minimum atomic E-state index is -0.713. The third-order valence-corrected chi connectivity index (χ3v) is 3.49. The number of carboxylic acids is 1. The standard InChI is InChI=1S/C15H22N2O2/c18-15(19)5-1-2-10-16-13-6-8-14(9-7-13)17-11-3-4-12-17/h6-9,16H,1-5,10-12H2,(H,18,19). The van der Waals surface area contributed by atoms with E-state index in [4.69, 9.17) is 5.11 Å². The predicted molar refractivity (Wildman–Crippen MR) is 77.9 cm³/mol. The van der Waals surface area contributed by atoms with Crippen molar-refractivity contribution in [2.24, 2.45) is 0 Å². The Balaban J connectivity index is 1.71. The molecule has 2 rings (SSSR count). The molecule has 0 amide bonds. The Morgan fingerprint density at radius 3 is 2.47 bits per heavy atom. The summed E-state index contributed by atoms with van der Waals surface area (Å²) in [5, 5.41) is 11.9. The quantitative estimate of drug-likeness (QED) is 0.742. The molecule has 1 saturated heterocycles. The normalized spacial score (nSPS) is 14.6. The summed E-state index contributed by atoms with van der Waals surface area (Å²) >= 11 is 0. The van der Waals surface area contributed by atoms with Crippen molar-refractivity contribution in [3.8, 4) is 0 Å². The van der Waals surface area contributed by atoms with Crippen molar-refractivity contribution in [1.82, 2.24) is 0 Å². The van der Waals surface area contributed by atoms with Gasteiger partial charge in [0.15, 0.2) is 0 Å². The molecule has 0 bridgehead atoms. The van der Waals surface area contributed by atoms with Crippen molar-refractivity contribution in [3.05, 3.63) is 24.3 Å². The van der Waals surface area contributed by atoms with E-state index in [0.717, 1.165) is 25.1 Å². The van der Waals surface area contributed by atoms with Gasteiger partial charge in [0, 0.05) is 37.4 Å². The van der Waals surface area contributed by atoms with E-state index in [9.17, 15) is 4.79 Å². The van der Waals surface area contributed by atoms with Crippen LogP contribution in [0.4, 0.5) is 11.4 Å². The number of benzene rings is 1. The van der Waals surface area contributed by atoms with Crippen molar-refractivity contribution in [3.63, 3.8) is 0 Å². The van der Waals surface area contributed by atoms with E-state index in [0.29, 0.717) is 0 Å². The summed E-state index contributed by atoms with van der Waals surface area (Å²) in [6.45, 7) is 3.17. The van der Waals surface area contributed by atoms with Gasteiger partial charge in [-0.15, -0.1) is 0 Å². The van der Waals surface area contributed by atoms with Crippen LogP contribution >= 0.6 is 0 Å². The van der Waals surface area contributed by atoms with Crippen LogP contribution < -0.4 is 10.2 Å². The van der Waals surface area contributed by atoms with Crippen molar-refractivity contribution >= 4 is 17.3 Å². The van der Waals surface area contributed by atoms with Crippen molar-refractivity contribution in [2.45, 2.75) is 32.1 Å². The average Bonchev–Trinajstić information content (AvgIpc) is 2.93. The molecule has 0 aromatic heterocycles. The first-order chi connectivity index (χ1) is 9.25. The molecule has 4 heteroatoms. The van der Waals surface area contributed by atoms with E-state index in [1.54, 1.807) is 0 Å². The van der Waals surface area contributed by atoms with Crippen LogP contribution in [0.25, 0.3) is 0 Å². The Kier molecular flexibility index (Phi) is 5.07. The number of carbonyl (C=O) groups is 1. The number of rotatable bonds is 7. The summed E-state index contributed by atoms with van der Waals surface area (Å²) in [4.78, 5) is 12.8. The van der Waals surface area contributed by atoms with Gasteiger partial charge in [0.1, 0.15) is 0 Å². The molecule has 1 aliphatic rings. The minimum absolute atomic E-state index is 0.260. The third-order valence-electron chi connectivity index (χ3n) is 3.49. The summed E-state index contributed by atoms with van der Waals surface area (Å²) in [7, 11) is 0. The second kappa shape index (κ2) is 7.02. The first kappa shape index (κ1) is 13.7. The summed E-state index contributed by atoms with van der Waals surface area (Å²) < 4.78 is 0. The molecule has 1 aromatic rings. The minimum Gasteiger partial charge on any atom is -0.481 e. The highest BCUT2D eigenvalue weighted by atomic mass is 16.4. The molecule has 0 atom stereocenters. The van der Waals surface area contributed by atoms with Crippen LogP contribution in [0.3, 0.4) is 0 Å². The van der Waals surface area contributed by atoms with E-state index in [1.165, 1.54) is 31.6 Å². The van der Waals surface area contributed by atoms with Gasteiger partial charge in [-0.2, -0.15) is 0 Å². The monoisotopic (exact) mass is 262 g/mol. The first-order valence-corrected chi connectivity index (χ1v) is 7.06.